The normalized spacial score (nSPS) is 10.2. The highest BCUT2D eigenvalue weighted by Gasteiger charge is 2.03. The maximum Gasteiger partial charge on any atom is 0.120 e. The van der Waals surface area contributed by atoms with Crippen molar-refractivity contribution in [2.24, 2.45) is 5.73 Å². The molecule has 0 aliphatic carbocycles. The first kappa shape index (κ1) is 13.8. The molecular weight excluding hydrogens is 278 g/mol. The van der Waals surface area contributed by atoms with Crippen molar-refractivity contribution in [3.63, 3.8) is 0 Å². The lowest BCUT2D eigenvalue weighted by Crippen LogP contribution is -2.09. The minimum absolute atomic E-state index is 0.360. The summed E-state index contributed by atoms with van der Waals surface area (Å²) in [6.07, 6.45) is 0. The van der Waals surface area contributed by atoms with E-state index in [9.17, 15) is 0 Å². The smallest absolute Gasteiger partial charge is 0.120 e. The van der Waals surface area contributed by atoms with Crippen LogP contribution in [0.4, 0.5) is 0 Å². The molecule has 0 atom stereocenters. The van der Waals surface area contributed by atoms with Gasteiger partial charge in [0.1, 0.15) is 17.3 Å². The minimum Gasteiger partial charge on any atom is -0.489 e. The van der Waals surface area contributed by atoms with E-state index >= 15 is 0 Å². The summed E-state index contributed by atoms with van der Waals surface area (Å²) in [6.45, 7) is 2.42. The number of benzene rings is 2. The van der Waals surface area contributed by atoms with Gasteiger partial charge in [0, 0.05) is 16.1 Å². The molecule has 0 aliphatic heterocycles. The first-order valence-electron chi connectivity index (χ1n) is 5.84. The van der Waals surface area contributed by atoms with E-state index in [1.54, 1.807) is 0 Å². The van der Waals surface area contributed by atoms with E-state index in [0.717, 1.165) is 22.4 Å². The van der Waals surface area contributed by atoms with Crippen LogP contribution < -0.4 is 10.5 Å². The van der Waals surface area contributed by atoms with Crippen molar-refractivity contribution in [2.75, 3.05) is 0 Å². The Kier molecular flexibility index (Phi) is 4.40. The molecule has 2 nitrogen and oxygen atoms in total. The Balaban J connectivity index is 2.10. The van der Waals surface area contributed by atoms with Gasteiger partial charge in [0.25, 0.3) is 0 Å². The molecule has 0 amide bonds. The highest BCUT2D eigenvalue weighted by atomic mass is 35.5. The number of ether oxygens (including phenoxy) is 1. The molecule has 0 aliphatic rings. The van der Waals surface area contributed by atoms with E-state index in [2.05, 4.69) is 0 Å². The first-order chi connectivity index (χ1) is 9.06. The zero-order chi connectivity index (χ0) is 13.8. The molecule has 0 saturated heterocycles. The van der Waals surface area contributed by atoms with Crippen molar-refractivity contribution in [3.05, 3.63) is 64.2 Å². The van der Waals surface area contributed by atoms with Crippen molar-refractivity contribution in [1.29, 1.82) is 0 Å². The minimum atomic E-state index is 0.360. The Bertz CT molecular complexity index is 613. The highest BCUT2D eigenvalue weighted by Crippen LogP contribution is 2.20. The molecule has 0 bridgehead atoms. The van der Waals surface area contributed by atoms with Gasteiger partial charge in [0.2, 0.25) is 0 Å². The summed E-state index contributed by atoms with van der Waals surface area (Å²) in [6, 6.07) is 13.3. The second kappa shape index (κ2) is 6.04. The molecule has 2 aromatic rings. The number of nitrogens with two attached hydrogens (primary N) is 1. The molecule has 0 saturated carbocycles. The first-order valence-corrected chi connectivity index (χ1v) is 6.62. The number of aryl methyl sites for hydroxylation is 1. The van der Waals surface area contributed by atoms with Crippen LogP contribution in [0, 0.1) is 6.92 Å². The van der Waals surface area contributed by atoms with Gasteiger partial charge in [0.05, 0.1) is 0 Å². The molecule has 0 heterocycles. The molecule has 2 aromatic carbocycles. The third kappa shape index (κ3) is 3.69. The van der Waals surface area contributed by atoms with Gasteiger partial charge in [-0.2, -0.15) is 0 Å². The lowest BCUT2D eigenvalue weighted by atomic mass is 10.1. The zero-order valence-electron chi connectivity index (χ0n) is 10.5. The maximum atomic E-state index is 6.16. The van der Waals surface area contributed by atoms with E-state index in [4.69, 9.17) is 34.3 Å². The van der Waals surface area contributed by atoms with Crippen molar-refractivity contribution >= 4 is 28.8 Å². The van der Waals surface area contributed by atoms with Gasteiger partial charge in [-0.15, -0.1) is 0 Å². The maximum absolute atomic E-state index is 6.16. The van der Waals surface area contributed by atoms with Crippen LogP contribution in [0.3, 0.4) is 0 Å². The van der Waals surface area contributed by atoms with E-state index in [-0.39, 0.29) is 0 Å². The van der Waals surface area contributed by atoms with Gasteiger partial charge >= 0.3 is 0 Å². The standard InChI is InChI=1S/C15H14ClNOS/c1-10-5-6-12(14(16)7-10)9-18-13-4-2-3-11(8-13)15(17)19/h2-8H,9H2,1H3,(H2,17,19). The largest absolute Gasteiger partial charge is 0.489 e. The molecule has 2 rings (SSSR count). The van der Waals surface area contributed by atoms with E-state index in [0.29, 0.717) is 16.6 Å². The molecule has 0 unspecified atom stereocenters. The number of rotatable bonds is 4. The molecule has 0 fully saturated rings. The average Bonchev–Trinajstić information content (AvgIpc) is 2.38. The monoisotopic (exact) mass is 291 g/mol. The molecule has 0 aromatic heterocycles. The van der Waals surface area contributed by atoms with Gasteiger partial charge in [-0.1, -0.05) is 48.1 Å². The van der Waals surface area contributed by atoms with Gasteiger partial charge < -0.3 is 10.5 Å². The fourth-order valence-corrected chi connectivity index (χ4v) is 2.09. The number of hydrogen-bond donors (Lipinski definition) is 1. The second-order valence-electron chi connectivity index (χ2n) is 4.28. The van der Waals surface area contributed by atoms with E-state index in [1.807, 2.05) is 49.4 Å². The van der Waals surface area contributed by atoms with Gasteiger partial charge in [-0.05, 0) is 30.7 Å². The lowest BCUT2D eigenvalue weighted by molar-refractivity contribution is 0.306. The quantitative estimate of drug-likeness (QED) is 0.869. The number of halogens is 1. The highest BCUT2D eigenvalue weighted by molar-refractivity contribution is 7.80. The number of hydrogen-bond acceptors (Lipinski definition) is 2. The van der Waals surface area contributed by atoms with Crippen LogP contribution in [-0.2, 0) is 6.61 Å². The molecule has 4 heteroatoms. The van der Waals surface area contributed by atoms with Crippen LogP contribution in [0.25, 0.3) is 0 Å². The van der Waals surface area contributed by atoms with E-state index in [1.165, 1.54) is 0 Å². The van der Waals surface area contributed by atoms with Crippen LogP contribution in [0.5, 0.6) is 5.75 Å². The summed E-state index contributed by atoms with van der Waals surface area (Å²) < 4.78 is 5.70. The molecular formula is C15H14ClNOS. The summed E-state index contributed by atoms with van der Waals surface area (Å²) in [5.74, 6) is 0.724. The third-order valence-corrected chi connectivity index (χ3v) is 3.31. The summed E-state index contributed by atoms with van der Waals surface area (Å²) >= 11 is 11.1. The molecule has 0 spiro atoms. The van der Waals surface area contributed by atoms with Crippen molar-refractivity contribution in [3.8, 4) is 5.75 Å². The van der Waals surface area contributed by atoms with Gasteiger partial charge in [-0.3, -0.25) is 0 Å². The predicted octanol–water partition coefficient (Wildman–Crippen LogP) is 3.86. The number of thiocarbonyl (C=S) groups is 1. The SMILES string of the molecule is Cc1ccc(COc2cccc(C(N)=S)c2)c(Cl)c1. The zero-order valence-corrected chi connectivity index (χ0v) is 12.1. The summed E-state index contributed by atoms with van der Waals surface area (Å²) in [5.41, 5.74) is 8.46. The topological polar surface area (TPSA) is 35.2 Å². The van der Waals surface area contributed by atoms with Crippen molar-refractivity contribution < 1.29 is 4.74 Å². The fraction of sp³-hybridized carbons (Fsp3) is 0.133. The van der Waals surface area contributed by atoms with Crippen LogP contribution in [0.2, 0.25) is 5.02 Å². The summed E-state index contributed by atoms with van der Waals surface area (Å²) in [5, 5.41) is 0.713. The Labute approximate surface area is 123 Å². The Hall–Kier alpha value is -1.58. The Morgan fingerprint density at radius 3 is 2.74 bits per heavy atom. The molecule has 98 valence electrons. The summed E-state index contributed by atoms with van der Waals surface area (Å²) in [4.78, 5) is 0.360. The van der Waals surface area contributed by atoms with Gasteiger partial charge in [-0.25, -0.2) is 0 Å². The van der Waals surface area contributed by atoms with Gasteiger partial charge in [0.15, 0.2) is 0 Å². The Morgan fingerprint density at radius 1 is 1.26 bits per heavy atom. The van der Waals surface area contributed by atoms with E-state index < -0.39 is 0 Å². The van der Waals surface area contributed by atoms with Crippen LogP contribution in [-0.4, -0.2) is 4.99 Å². The van der Waals surface area contributed by atoms with Crippen LogP contribution in [0.15, 0.2) is 42.5 Å². The third-order valence-electron chi connectivity index (χ3n) is 2.72. The van der Waals surface area contributed by atoms with Crippen molar-refractivity contribution in [2.45, 2.75) is 13.5 Å². The second-order valence-corrected chi connectivity index (χ2v) is 5.12. The summed E-state index contributed by atoms with van der Waals surface area (Å²) in [7, 11) is 0. The van der Waals surface area contributed by atoms with Crippen molar-refractivity contribution in [1.82, 2.24) is 0 Å². The molecule has 0 radical (unpaired) electrons. The molecule has 19 heavy (non-hydrogen) atoms. The predicted molar refractivity (Wildman–Crippen MR) is 82.9 cm³/mol. The Morgan fingerprint density at radius 2 is 2.05 bits per heavy atom. The van der Waals surface area contributed by atoms with Crippen LogP contribution in [0.1, 0.15) is 16.7 Å². The average molecular weight is 292 g/mol. The van der Waals surface area contributed by atoms with Crippen LogP contribution >= 0.6 is 23.8 Å². The molecule has 2 N–H and O–H groups in total. The fourth-order valence-electron chi connectivity index (χ4n) is 1.67. The lowest BCUT2D eigenvalue weighted by Gasteiger charge is -2.09.